The molecule has 20 heavy (non-hydrogen) atoms. The lowest BCUT2D eigenvalue weighted by molar-refractivity contribution is 0.0949. The highest BCUT2D eigenvalue weighted by Gasteiger charge is 2.25. The van der Waals surface area contributed by atoms with Crippen LogP contribution >= 0.6 is 11.3 Å². The van der Waals surface area contributed by atoms with E-state index in [1.807, 2.05) is 12.3 Å². The summed E-state index contributed by atoms with van der Waals surface area (Å²) in [5.41, 5.74) is 2.36. The molecule has 0 unspecified atom stereocenters. The Balaban J connectivity index is 1.66. The number of nitrogens with zero attached hydrogens (tertiary/aromatic N) is 2. The van der Waals surface area contributed by atoms with E-state index in [1.54, 1.807) is 17.5 Å². The molecule has 106 valence electrons. The van der Waals surface area contributed by atoms with Crippen molar-refractivity contribution in [2.75, 3.05) is 13.2 Å². The second kappa shape index (κ2) is 5.72. The van der Waals surface area contributed by atoms with Gasteiger partial charge >= 0.3 is 0 Å². The van der Waals surface area contributed by atoms with Crippen molar-refractivity contribution < 1.29 is 9.53 Å². The zero-order valence-corrected chi connectivity index (χ0v) is 12.0. The molecule has 1 saturated heterocycles. The van der Waals surface area contributed by atoms with Crippen LogP contribution in [0.4, 0.5) is 0 Å². The summed E-state index contributed by atoms with van der Waals surface area (Å²) >= 11 is 1.58. The maximum Gasteiger partial charge on any atom is 0.255 e. The summed E-state index contributed by atoms with van der Waals surface area (Å²) < 4.78 is 5.36. The molecule has 1 aliphatic heterocycles. The third kappa shape index (κ3) is 2.73. The number of hydrogen-bond donors (Lipinski definition) is 2. The molecule has 6 nitrogen and oxygen atoms in total. The lowest BCUT2D eigenvalue weighted by Crippen LogP contribution is -2.24. The Labute approximate surface area is 120 Å². The van der Waals surface area contributed by atoms with Crippen molar-refractivity contribution in [3.8, 4) is 0 Å². The van der Waals surface area contributed by atoms with Gasteiger partial charge in [0.2, 0.25) is 0 Å². The van der Waals surface area contributed by atoms with Gasteiger partial charge in [0.25, 0.3) is 5.91 Å². The minimum Gasteiger partial charge on any atom is -0.381 e. The summed E-state index contributed by atoms with van der Waals surface area (Å²) in [6, 6.07) is 0. The van der Waals surface area contributed by atoms with Crippen molar-refractivity contribution in [2.24, 2.45) is 0 Å². The maximum atomic E-state index is 12.2. The summed E-state index contributed by atoms with van der Waals surface area (Å²) in [5, 5.41) is 12.8. The molecule has 2 aromatic rings. The van der Waals surface area contributed by atoms with Crippen molar-refractivity contribution in [3.05, 3.63) is 33.5 Å². The first-order chi connectivity index (χ1) is 9.74. The Kier molecular flexibility index (Phi) is 3.79. The Bertz CT molecular complexity index is 601. The fourth-order valence-corrected chi connectivity index (χ4v) is 2.92. The summed E-state index contributed by atoms with van der Waals surface area (Å²) in [4.78, 5) is 16.6. The van der Waals surface area contributed by atoms with E-state index < -0.39 is 0 Å². The number of carbonyl (C=O) groups is 1. The number of hydrogen-bond acceptors (Lipinski definition) is 5. The number of aryl methyl sites for hydroxylation is 1. The molecule has 2 N–H and O–H groups in total. The Morgan fingerprint density at radius 2 is 2.55 bits per heavy atom. The van der Waals surface area contributed by atoms with Crippen LogP contribution in [0.15, 0.2) is 11.6 Å². The van der Waals surface area contributed by atoms with Gasteiger partial charge in [0.05, 0.1) is 41.3 Å². The van der Waals surface area contributed by atoms with Crippen LogP contribution in [0, 0.1) is 6.92 Å². The van der Waals surface area contributed by atoms with E-state index in [0.717, 1.165) is 29.4 Å². The fourth-order valence-electron chi connectivity index (χ4n) is 2.31. The Hall–Kier alpha value is -1.73. The van der Waals surface area contributed by atoms with Crippen molar-refractivity contribution in [2.45, 2.75) is 25.8 Å². The first kappa shape index (κ1) is 13.3. The molecular weight excluding hydrogens is 276 g/mol. The molecule has 1 fully saturated rings. The first-order valence-electron chi connectivity index (χ1n) is 6.54. The number of H-pyrrole nitrogens is 1. The molecule has 0 radical (unpaired) electrons. The molecule has 3 rings (SSSR count). The monoisotopic (exact) mass is 292 g/mol. The highest BCUT2D eigenvalue weighted by molar-refractivity contribution is 7.09. The van der Waals surface area contributed by atoms with Crippen molar-refractivity contribution in [1.29, 1.82) is 0 Å². The topological polar surface area (TPSA) is 79.9 Å². The lowest BCUT2D eigenvalue weighted by atomic mass is 10.0. The Morgan fingerprint density at radius 3 is 3.25 bits per heavy atom. The number of thiazole rings is 1. The average molecular weight is 292 g/mol. The van der Waals surface area contributed by atoms with E-state index >= 15 is 0 Å². The summed E-state index contributed by atoms with van der Waals surface area (Å²) in [5.74, 6) is 0.117. The lowest BCUT2D eigenvalue weighted by Gasteiger charge is -2.08. The summed E-state index contributed by atoms with van der Waals surface area (Å²) in [6.45, 7) is 3.77. The number of carbonyl (C=O) groups excluding carboxylic acids is 1. The quantitative estimate of drug-likeness (QED) is 0.897. The molecule has 1 amide bonds. The third-order valence-electron chi connectivity index (χ3n) is 3.35. The van der Waals surface area contributed by atoms with Gasteiger partial charge < -0.3 is 10.1 Å². The van der Waals surface area contributed by atoms with Gasteiger partial charge in [-0.1, -0.05) is 0 Å². The molecule has 2 aromatic heterocycles. The molecule has 1 aliphatic rings. The predicted molar refractivity (Wildman–Crippen MR) is 74.8 cm³/mol. The number of nitrogens with one attached hydrogen (secondary N) is 2. The second-order valence-electron chi connectivity index (χ2n) is 4.80. The molecule has 0 saturated carbocycles. The highest BCUT2D eigenvalue weighted by atomic mass is 32.1. The van der Waals surface area contributed by atoms with Crippen LogP contribution in [0.3, 0.4) is 0 Å². The van der Waals surface area contributed by atoms with Crippen molar-refractivity contribution in [3.63, 3.8) is 0 Å². The second-order valence-corrected chi connectivity index (χ2v) is 5.86. The first-order valence-corrected chi connectivity index (χ1v) is 7.42. The van der Waals surface area contributed by atoms with E-state index in [-0.39, 0.29) is 11.8 Å². The minimum atomic E-state index is -0.119. The molecular formula is C13H16N4O2S. The molecule has 1 atom stereocenters. The van der Waals surface area contributed by atoms with E-state index in [2.05, 4.69) is 20.5 Å². The van der Waals surface area contributed by atoms with Gasteiger partial charge in [-0.15, -0.1) is 11.3 Å². The summed E-state index contributed by atoms with van der Waals surface area (Å²) in [6.07, 6.45) is 2.50. The average Bonchev–Trinajstić information content (AvgIpc) is 3.16. The van der Waals surface area contributed by atoms with Crippen LogP contribution in [-0.4, -0.2) is 34.3 Å². The number of rotatable bonds is 4. The zero-order chi connectivity index (χ0) is 13.9. The number of aromatic nitrogens is 3. The predicted octanol–water partition coefficient (Wildman–Crippen LogP) is 1.61. The molecule has 7 heteroatoms. The fraction of sp³-hybridized carbons (Fsp3) is 0.462. The molecule has 0 bridgehead atoms. The standard InChI is InChI=1S/C13H16N4O2S/c1-8-16-10(7-20-8)4-14-13(18)11-5-15-17-12(11)9-2-3-19-6-9/h5,7,9H,2-4,6H2,1H3,(H,14,18)(H,15,17)/t9-/m1/s1. The van der Waals surface area contributed by atoms with E-state index in [1.165, 1.54) is 0 Å². The molecule has 3 heterocycles. The highest BCUT2D eigenvalue weighted by Crippen LogP contribution is 2.26. The van der Waals surface area contributed by atoms with Gasteiger partial charge in [0.15, 0.2) is 0 Å². The van der Waals surface area contributed by atoms with Gasteiger partial charge in [-0.2, -0.15) is 5.10 Å². The van der Waals surface area contributed by atoms with Gasteiger partial charge in [-0.25, -0.2) is 4.98 Å². The minimum absolute atomic E-state index is 0.119. The van der Waals surface area contributed by atoms with Crippen LogP contribution in [0.1, 0.15) is 39.1 Å². The van der Waals surface area contributed by atoms with Crippen LogP contribution in [0.2, 0.25) is 0 Å². The summed E-state index contributed by atoms with van der Waals surface area (Å²) in [7, 11) is 0. The molecule has 0 aliphatic carbocycles. The van der Waals surface area contributed by atoms with Gasteiger partial charge in [0, 0.05) is 17.9 Å². The molecule has 0 spiro atoms. The third-order valence-corrected chi connectivity index (χ3v) is 4.17. The van der Waals surface area contributed by atoms with Gasteiger partial charge in [0.1, 0.15) is 0 Å². The van der Waals surface area contributed by atoms with E-state index in [4.69, 9.17) is 4.74 Å². The van der Waals surface area contributed by atoms with E-state index in [9.17, 15) is 4.79 Å². The van der Waals surface area contributed by atoms with Crippen molar-refractivity contribution in [1.82, 2.24) is 20.5 Å². The number of aromatic amines is 1. The smallest absolute Gasteiger partial charge is 0.255 e. The van der Waals surface area contributed by atoms with Crippen LogP contribution < -0.4 is 5.32 Å². The van der Waals surface area contributed by atoms with Crippen LogP contribution in [0.25, 0.3) is 0 Å². The SMILES string of the molecule is Cc1nc(CNC(=O)c2cn[nH]c2[C@@H]2CCOC2)cs1. The zero-order valence-electron chi connectivity index (χ0n) is 11.2. The van der Waals surface area contributed by atoms with Crippen LogP contribution in [-0.2, 0) is 11.3 Å². The number of amides is 1. The van der Waals surface area contributed by atoms with Gasteiger partial charge in [-0.3, -0.25) is 9.89 Å². The van der Waals surface area contributed by atoms with Crippen LogP contribution in [0.5, 0.6) is 0 Å². The maximum absolute atomic E-state index is 12.2. The van der Waals surface area contributed by atoms with E-state index in [0.29, 0.717) is 18.7 Å². The normalized spacial score (nSPS) is 18.4. The van der Waals surface area contributed by atoms with Crippen molar-refractivity contribution >= 4 is 17.2 Å². The number of ether oxygens (including phenoxy) is 1. The molecule has 0 aromatic carbocycles. The van der Waals surface area contributed by atoms with Gasteiger partial charge in [-0.05, 0) is 13.3 Å². The Morgan fingerprint density at radius 1 is 1.65 bits per heavy atom. The largest absolute Gasteiger partial charge is 0.381 e.